The summed E-state index contributed by atoms with van der Waals surface area (Å²) < 4.78 is 59.8. The van der Waals surface area contributed by atoms with Gasteiger partial charge in [-0.1, -0.05) is 30.9 Å². The Bertz CT molecular complexity index is 1250. The number of carbonyl (C=O) groups is 1. The summed E-state index contributed by atoms with van der Waals surface area (Å²) in [5, 5.41) is 0. The second kappa shape index (κ2) is 12.0. The van der Waals surface area contributed by atoms with Crippen LogP contribution in [0.3, 0.4) is 0 Å². The van der Waals surface area contributed by atoms with E-state index in [1.165, 1.54) is 18.2 Å². The fourth-order valence-corrected chi connectivity index (χ4v) is 4.62. The Kier molecular flexibility index (Phi) is 8.54. The number of hydrogen-bond donors (Lipinski definition) is 0. The third kappa shape index (κ3) is 6.16. The van der Waals surface area contributed by atoms with Gasteiger partial charge in [0.1, 0.15) is 12.4 Å². The van der Waals surface area contributed by atoms with E-state index < -0.39 is 35.1 Å². The summed E-state index contributed by atoms with van der Waals surface area (Å²) in [5.41, 5.74) is 1.38. The molecule has 0 aliphatic heterocycles. The summed E-state index contributed by atoms with van der Waals surface area (Å²) in [6.07, 6.45) is 3.87. The van der Waals surface area contributed by atoms with E-state index in [-0.39, 0.29) is 23.8 Å². The quantitative estimate of drug-likeness (QED) is 0.169. The maximum absolute atomic E-state index is 14.8. The first-order valence-corrected chi connectivity index (χ1v) is 12.4. The molecule has 0 atom stereocenters. The van der Waals surface area contributed by atoms with E-state index in [2.05, 4.69) is 6.58 Å². The first-order chi connectivity index (χ1) is 17.9. The largest absolute Gasteiger partial charge is 0.494 e. The molecule has 0 spiro atoms. The minimum atomic E-state index is -1.21. The molecule has 0 bridgehead atoms. The van der Waals surface area contributed by atoms with Crippen LogP contribution in [0.15, 0.2) is 67.3 Å². The van der Waals surface area contributed by atoms with Crippen molar-refractivity contribution in [3.8, 4) is 28.4 Å². The lowest BCUT2D eigenvalue weighted by molar-refractivity contribution is -0.140. The minimum Gasteiger partial charge on any atom is -0.494 e. The highest BCUT2D eigenvalue weighted by atomic mass is 19.2. The van der Waals surface area contributed by atoms with Gasteiger partial charge in [0.05, 0.1) is 12.5 Å². The average molecular weight is 511 g/mol. The molecule has 0 aromatic heterocycles. The maximum Gasteiger partial charge on any atom is 0.314 e. The SMILES string of the molecule is C=CCOc1ccc(C2CCC(C(=O)Oc3ccc(-c4ccc(OCC)cc4)c(F)c3F)CC2)cc1F. The number of esters is 1. The standard InChI is InChI=1S/C30H29F3O4/c1-3-17-36-26-15-11-22(18-25(26)31)19-5-7-21(8-6-19)30(34)37-27-16-14-24(28(32)29(27)33)20-9-12-23(13-10-20)35-4-2/h3,9-16,18-19,21H,1,4-8,17H2,2H3. The van der Waals surface area contributed by atoms with Crippen molar-refractivity contribution in [3.05, 3.63) is 90.3 Å². The Morgan fingerprint density at radius 1 is 0.919 bits per heavy atom. The molecule has 37 heavy (non-hydrogen) atoms. The second-order valence-corrected chi connectivity index (χ2v) is 8.96. The zero-order valence-electron chi connectivity index (χ0n) is 20.6. The number of ether oxygens (including phenoxy) is 3. The van der Waals surface area contributed by atoms with E-state index in [9.17, 15) is 18.0 Å². The Hall–Kier alpha value is -3.74. The molecule has 0 radical (unpaired) electrons. The lowest BCUT2D eigenvalue weighted by Gasteiger charge is -2.27. The lowest BCUT2D eigenvalue weighted by atomic mass is 9.78. The van der Waals surface area contributed by atoms with E-state index in [1.54, 1.807) is 36.4 Å². The molecule has 4 nitrogen and oxygen atoms in total. The predicted octanol–water partition coefficient (Wildman–Crippen LogP) is 7.61. The zero-order chi connectivity index (χ0) is 26.4. The van der Waals surface area contributed by atoms with Gasteiger partial charge in [0.25, 0.3) is 0 Å². The van der Waals surface area contributed by atoms with Gasteiger partial charge in [-0.15, -0.1) is 0 Å². The van der Waals surface area contributed by atoms with Gasteiger partial charge in [-0.3, -0.25) is 4.79 Å². The summed E-state index contributed by atoms with van der Waals surface area (Å²) in [4.78, 5) is 12.7. The monoisotopic (exact) mass is 510 g/mol. The number of hydrogen-bond acceptors (Lipinski definition) is 4. The first-order valence-electron chi connectivity index (χ1n) is 12.4. The van der Waals surface area contributed by atoms with Gasteiger partial charge in [-0.05, 0) is 86.1 Å². The molecule has 7 heteroatoms. The molecular weight excluding hydrogens is 481 g/mol. The highest BCUT2D eigenvalue weighted by Crippen LogP contribution is 2.38. The van der Waals surface area contributed by atoms with Crippen LogP contribution in [0.5, 0.6) is 17.2 Å². The highest BCUT2D eigenvalue weighted by Gasteiger charge is 2.30. The van der Waals surface area contributed by atoms with Crippen molar-refractivity contribution in [2.24, 2.45) is 5.92 Å². The van der Waals surface area contributed by atoms with Crippen LogP contribution in [-0.2, 0) is 4.79 Å². The predicted molar refractivity (Wildman–Crippen MR) is 135 cm³/mol. The molecule has 0 saturated heterocycles. The normalized spacial score (nSPS) is 17.2. The van der Waals surface area contributed by atoms with E-state index in [0.717, 1.165) is 5.56 Å². The van der Waals surface area contributed by atoms with Crippen LogP contribution < -0.4 is 14.2 Å². The summed E-state index contributed by atoms with van der Waals surface area (Å²) in [6, 6.07) is 14.2. The molecule has 0 heterocycles. The molecule has 1 aliphatic carbocycles. The van der Waals surface area contributed by atoms with E-state index in [0.29, 0.717) is 43.6 Å². The van der Waals surface area contributed by atoms with Crippen molar-refractivity contribution in [2.75, 3.05) is 13.2 Å². The molecule has 0 amide bonds. The molecule has 3 aromatic carbocycles. The van der Waals surface area contributed by atoms with Crippen molar-refractivity contribution >= 4 is 5.97 Å². The Labute approximate surface area is 214 Å². The van der Waals surface area contributed by atoms with Crippen molar-refractivity contribution in [2.45, 2.75) is 38.5 Å². The van der Waals surface area contributed by atoms with Gasteiger partial charge in [-0.25, -0.2) is 8.78 Å². The topological polar surface area (TPSA) is 44.8 Å². The number of benzene rings is 3. The van der Waals surface area contributed by atoms with E-state index in [1.807, 2.05) is 13.0 Å². The maximum atomic E-state index is 14.8. The minimum absolute atomic E-state index is 0.0639. The van der Waals surface area contributed by atoms with Crippen molar-refractivity contribution in [3.63, 3.8) is 0 Å². The molecule has 3 aromatic rings. The molecule has 1 saturated carbocycles. The van der Waals surface area contributed by atoms with Crippen LogP contribution in [-0.4, -0.2) is 19.2 Å². The third-order valence-corrected chi connectivity index (χ3v) is 6.58. The molecule has 0 unspecified atom stereocenters. The smallest absolute Gasteiger partial charge is 0.314 e. The molecule has 0 N–H and O–H groups in total. The van der Waals surface area contributed by atoms with Gasteiger partial charge < -0.3 is 14.2 Å². The summed E-state index contributed by atoms with van der Waals surface area (Å²) in [7, 11) is 0. The van der Waals surface area contributed by atoms with Gasteiger partial charge in [0.15, 0.2) is 23.1 Å². The van der Waals surface area contributed by atoms with Crippen molar-refractivity contribution in [1.82, 2.24) is 0 Å². The lowest BCUT2D eigenvalue weighted by Crippen LogP contribution is -2.25. The average Bonchev–Trinajstić information content (AvgIpc) is 2.91. The summed E-state index contributed by atoms with van der Waals surface area (Å²) in [5.74, 6) is -3.30. The number of rotatable bonds is 9. The Morgan fingerprint density at radius 2 is 1.62 bits per heavy atom. The van der Waals surface area contributed by atoms with Gasteiger partial charge in [0.2, 0.25) is 5.82 Å². The summed E-state index contributed by atoms with van der Waals surface area (Å²) >= 11 is 0. The summed E-state index contributed by atoms with van der Waals surface area (Å²) in [6.45, 7) is 6.13. The van der Waals surface area contributed by atoms with Crippen molar-refractivity contribution < 1.29 is 32.2 Å². The molecule has 4 rings (SSSR count). The number of carbonyl (C=O) groups excluding carboxylic acids is 1. The van der Waals surface area contributed by atoms with Gasteiger partial charge in [-0.2, -0.15) is 4.39 Å². The molecule has 1 aliphatic rings. The second-order valence-electron chi connectivity index (χ2n) is 8.96. The molecule has 1 fully saturated rings. The molecule has 194 valence electrons. The Balaban J connectivity index is 1.37. The van der Waals surface area contributed by atoms with Crippen LogP contribution in [0.25, 0.3) is 11.1 Å². The Morgan fingerprint density at radius 3 is 2.27 bits per heavy atom. The first kappa shape index (κ1) is 26.3. The van der Waals surface area contributed by atoms with Crippen LogP contribution in [0, 0.1) is 23.4 Å². The highest BCUT2D eigenvalue weighted by molar-refractivity contribution is 5.76. The fraction of sp³-hybridized carbons (Fsp3) is 0.300. The van der Waals surface area contributed by atoms with Crippen LogP contribution in [0.2, 0.25) is 0 Å². The van der Waals surface area contributed by atoms with E-state index in [4.69, 9.17) is 14.2 Å². The van der Waals surface area contributed by atoms with Gasteiger partial charge in [0, 0.05) is 5.56 Å². The zero-order valence-corrected chi connectivity index (χ0v) is 20.6. The van der Waals surface area contributed by atoms with Crippen LogP contribution >= 0.6 is 0 Å². The molecular formula is C30H29F3O4. The van der Waals surface area contributed by atoms with Crippen molar-refractivity contribution in [1.29, 1.82) is 0 Å². The van der Waals surface area contributed by atoms with Crippen LogP contribution in [0.4, 0.5) is 13.2 Å². The van der Waals surface area contributed by atoms with Crippen LogP contribution in [0.1, 0.15) is 44.1 Å². The fourth-order valence-electron chi connectivity index (χ4n) is 4.62. The third-order valence-electron chi connectivity index (χ3n) is 6.58. The van der Waals surface area contributed by atoms with E-state index >= 15 is 0 Å². The van der Waals surface area contributed by atoms with Gasteiger partial charge >= 0.3 is 5.97 Å². The number of halogens is 3.